The fourth-order valence-corrected chi connectivity index (χ4v) is 5.08. The summed E-state index contributed by atoms with van der Waals surface area (Å²) in [6.07, 6.45) is 6.74. The minimum absolute atomic E-state index is 0. The number of halogens is 2. The largest absolute Gasteiger partial charge is 0.491 e. The predicted octanol–water partition coefficient (Wildman–Crippen LogP) is 5.14. The van der Waals surface area contributed by atoms with Crippen molar-refractivity contribution in [1.29, 1.82) is 0 Å². The zero-order chi connectivity index (χ0) is 33.8. The van der Waals surface area contributed by atoms with Gasteiger partial charge in [0.15, 0.2) is 5.82 Å². The van der Waals surface area contributed by atoms with Crippen LogP contribution in [0, 0.1) is 20.2 Å². The highest BCUT2D eigenvalue weighted by Crippen LogP contribution is 2.40. The summed E-state index contributed by atoms with van der Waals surface area (Å²) in [6, 6.07) is 24.9. The number of hydrogen-bond acceptors (Lipinski definition) is 10. The molecule has 1 aliphatic heterocycles. The van der Waals surface area contributed by atoms with E-state index in [2.05, 4.69) is 9.97 Å². The van der Waals surface area contributed by atoms with Gasteiger partial charge in [-0.25, -0.2) is 15.0 Å². The Balaban J connectivity index is 0.000000628. The molecule has 2 aromatic heterocycles. The molecule has 1 fully saturated rings. The monoisotopic (exact) mass is 702 g/mol. The van der Waals surface area contributed by atoms with Crippen molar-refractivity contribution in [3.8, 4) is 28.4 Å². The molecule has 18 heteroatoms. The summed E-state index contributed by atoms with van der Waals surface area (Å²) in [5.41, 5.74) is 3.49. The van der Waals surface area contributed by atoms with Crippen LogP contribution in [-0.2, 0) is 21.8 Å². The number of benzene rings is 3. The van der Waals surface area contributed by atoms with Crippen LogP contribution in [0.25, 0.3) is 22.6 Å². The second-order valence-electron chi connectivity index (χ2n) is 9.61. The van der Waals surface area contributed by atoms with E-state index in [9.17, 15) is 0 Å². The molecule has 0 amide bonds. The maximum Gasteiger partial charge on any atom is 0.291 e. The first-order chi connectivity index (χ1) is 22.5. The van der Waals surface area contributed by atoms with E-state index in [1.807, 2.05) is 77.5 Å². The molecular formula is C30H28Cl2N6O10. The summed E-state index contributed by atoms with van der Waals surface area (Å²) >= 11 is 12.7. The van der Waals surface area contributed by atoms with Crippen molar-refractivity contribution in [3.05, 3.63) is 140 Å². The minimum Gasteiger partial charge on any atom is -0.491 e. The molecule has 6 rings (SSSR count). The van der Waals surface area contributed by atoms with Gasteiger partial charge in [0.25, 0.3) is 10.2 Å². The molecule has 4 N–H and O–H groups in total. The zero-order valence-electron chi connectivity index (χ0n) is 24.7. The molecule has 0 radical (unpaired) electrons. The van der Waals surface area contributed by atoms with E-state index in [1.165, 1.54) is 0 Å². The molecular weight excluding hydrogens is 675 g/mol. The van der Waals surface area contributed by atoms with Crippen LogP contribution in [0.2, 0.25) is 10.0 Å². The van der Waals surface area contributed by atoms with E-state index in [4.69, 9.17) is 73.0 Å². The number of hydrogen-bond donors (Lipinski definition) is 2. The second kappa shape index (κ2) is 17.5. The summed E-state index contributed by atoms with van der Waals surface area (Å²) in [6.45, 7) is 1.03. The van der Waals surface area contributed by atoms with E-state index in [-0.39, 0.29) is 11.6 Å². The molecule has 1 aliphatic rings. The molecule has 0 spiro atoms. The van der Waals surface area contributed by atoms with Crippen LogP contribution in [0.4, 0.5) is 0 Å². The van der Waals surface area contributed by atoms with E-state index in [0.29, 0.717) is 41.2 Å². The molecule has 1 saturated heterocycles. The van der Waals surface area contributed by atoms with Gasteiger partial charge in [0, 0.05) is 40.3 Å². The maximum atomic E-state index is 8.36. The number of aromatic nitrogens is 4. The lowest BCUT2D eigenvalue weighted by molar-refractivity contribution is -0.742. The molecule has 0 saturated carbocycles. The Kier molecular flexibility index (Phi) is 13.5. The normalized spacial score (nSPS) is 16.2. The van der Waals surface area contributed by atoms with Crippen LogP contribution in [0.5, 0.6) is 5.75 Å². The molecule has 252 valence electrons. The first kappa shape index (κ1) is 37.1. The third-order valence-electron chi connectivity index (χ3n) is 6.42. The van der Waals surface area contributed by atoms with Crippen molar-refractivity contribution in [3.63, 3.8) is 0 Å². The third kappa shape index (κ3) is 10.6. The number of nitrogens with zero attached hydrogens (tertiary/aromatic N) is 6. The van der Waals surface area contributed by atoms with Gasteiger partial charge in [-0.2, -0.15) is 0 Å². The van der Waals surface area contributed by atoms with E-state index in [0.717, 1.165) is 22.6 Å². The van der Waals surface area contributed by atoms with Gasteiger partial charge in [0.05, 0.1) is 30.2 Å². The van der Waals surface area contributed by atoms with Gasteiger partial charge < -0.3 is 34.7 Å². The van der Waals surface area contributed by atoms with Gasteiger partial charge in [-0.3, -0.25) is 0 Å². The standard InChI is InChI=1S/C30H24Cl2N4O3.2HNO3.H2O/c31-23-8-11-26(27(32)16-23)30(19-36-15-14-33-20-36)38-18-25(39-30)17-37-24-9-6-21(7-10-24)28-12-13-34-29(35-28)22-4-2-1-3-5-22;2*2-1(3)4;/h1-16,20,25H,17-19H2;2*(H,2,3,4);1H2/t25-,30-;;;/m1.../s1. The zero-order valence-corrected chi connectivity index (χ0v) is 26.2. The smallest absolute Gasteiger partial charge is 0.291 e. The molecule has 3 heterocycles. The average Bonchev–Trinajstić information content (AvgIpc) is 3.71. The lowest BCUT2D eigenvalue weighted by atomic mass is 10.1. The predicted molar refractivity (Wildman–Crippen MR) is 171 cm³/mol. The van der Waals surface area contributed by atoms with Gasteiger partial charge in [-0.15, -0.1) is 20.2 Å². The fourth-order valence-electron chi connectivity index (χ4n) is 4.53. The average molecular weight is 703 g/mol. The highest BCUT2D eigenvalue weighted by Gasteiger charge is 2.45. The van der Waals surface area contributed by atoms with Gasteiger partial charge in [-0.05, 0) is 42.5 Å². The lowest BCUT2D eigenvalue weighted by Gasteiger charge is -2.30. The summed E-state index contributed by atoms with van der Waals surface area (Å²) in [5, 5.41) is 28.3. The molecule has 0 bridgehead atoms. The van der Waals surface area contributed by atoms with E-state index in [1.54, 1.807) is 30.9 Å². The van der Waals surface area contributed by atoms with Gasteiger partial charge in [-0.1, -0.05) is 59.6 Å². The summed E-state index contributed by atoms with van der Waals surface area (Å²) in [7, 11) is 0. The van der Waals surface area contributed by atoms with Crippen LogP contribution in [0.15, 0.2) is 104 Å². The Morgan fingerprint density at radius 1 is 0.958 bits per heavy atom. The third-order valence-corrected chi connectivity index (χ3v) is 6.97. The summed E-state index contributed by atoms with van der Waals surface area (Å²) in [4.78, 5) is 30.0. The molecule has 16 nitrogen and oxygen atoms in total. The van der Waals surface area contributed by atoms with Crippen molar-refractivity contribution >= 4 is 23.2 Å². The van der Waals surface area contributed by atoms with E-state index < -0.39 is 16.0 Å². The number of rotatable bonds is 8. The lowest BCUT2D eigenvalue weighted by Crippen LogP contribution is -2.34. The van der Waals surface area contributed by atoms with Gasteiger partial charge >= 0.3 is 0 Å². The topological polar surface area (TPSA) is 230 Å². The fraction of sp³-hybridized carbons (Fsp3) is 0.167. The Labute approximate surface area is 282 Å². The van der Waals surface area contributed by atoms with Crippen molar-refractivity contribution in [2.75, 3.05) is 13.2 Å². The van der Waals surface area contributed by atoms with Crippen LogP contribution in [-0.4, -0.2) is 64.9 Å². The molecule has 2 atom stereocenters. The van der Waals surface area contributed by atoms with Crippen LogP contribution in [0.3, 0.4) is 0 Å². The first-order valence-corrected chi connectivity index (χ1v) is 14.3. The van der Waals surface area contributed by atoms with Crippen LogP contribution < -0.4 is 4.74 Å². The van der Waals surface area contributed by atoms with Crippen molar-refractivity contribution in [1.82, 2.24) is 19.5 Å². The highest BCUT2D eigenvalue weighted by molar-refractivity contribution is 6.35. The molecule has 0 unspecified atom stereocenters. The first-order valence-electron chi connectivity index (χ1n) is 13.6. The Hall–Kier alpha value is -5.39. The highest BCUT2D eigenvalue weighted by atomic mass is 35.5. The van der Waals surface area contributed by atoms with Crippen molar-refractivity contribution in [2.45, 2.75) is 18.4 Å². The number of ether oxygens (including phenoxy) is 3. The molecule has 48 heavy (non-hydrogen) atoms. The SMILES string of the molecule is Clc1ccc([C@]2(Cn3ccnc3)OC[C@@H](COc3ccc(-c4ccnc(-c5ccccc5)n4)cc3)O2)c(Cl)c1.O.O=[N+]([O-])O.O=[N+]([O-])O. The second-order valence-corrected chi connectivity index (χ2v) is 10.4. The van der Waals surface area contributed by atoms with Crippen molar-refractivity contribution < 1.29 is 40.3 Å². The van der Waals surface area contributed by atoms with Gasteiger partial charge in [0.2, 0.25) is 5.79 Å². The maximum absolute atomic E-state index is 8.36. The van der Waals surface area contributed by atoms with E-state index >= 15 is 0 Å². The van der Waals surface area contributed by atoms with Crippen LogP contribution >= 0.6 is 23.2 Å². The quantitative estimate of drug-likeness (QED) is 0.158. The Morgan fingerprint density at radius 3 is 2.27 bits per heavy atom. The molecule has 5 aromatic rings. The Morgan fingerprint density at radius 2 is 1.65 bits per heavy atom. The molecule has 3 aromatic carbocycles. The van der Waals surface area contributed by atoms with Crippen LogP contribution in [0.1, 0.15) is 5.56 Å². The molecule has 0 aliphatic carbocycles. The van der Waals surface area contributed by atoms with Crippen molar-refractivity contribution in [2.24, 2.45) is 0 Å². The Bertz CT molecular complexity index is 1750. The summed E-state index contributed by atoms with van der Waals surface area (Å²) < 4.78 is 20.7. The van der Waals surface area contributed by atoms with Gasteiger partial charge in [0.1, 0.15) is 18.5 Å². The minimum atomic E-state index is -1.50. The summed E-state index contributed by atoms with van der Waals surface area (Å²) in [5.74, 6) is 0.312. The number of imidazole rings is 1.